The van der Waals surface area contributed by atoms with Crippen molar-refractivity contribution in [1.82, 2.24) is 4.72 Å². The Morgan fingerprint density at radius 2 is 1.71 bits per heavy atom. The molecule has 0 unspecified atom stereocenters. The van der Waals surface area contributed by atoms with E-state index >= 15 is 0 Å². The molecular formula is C18H26N2O3S. The summed E-state index contributed by atoms with van der Waals surface area (Å²) in [5.41, 5.74) is 2.13. The second kappa shape index (κ2) is 8.89. The number of nitrogens with one attached hydrogen (secondary N) is 2. The first-order valence-electron chi connectivity index (χ1n) is 8.35. The van der Waals surface area contributed by atoms with Gasteiger partial charge in [0, 0.05) is 24.3 Å². The van der Waals surface area contributed by atoms with E-state index in [0.717, 1.165) is 42.8 Å². The van der Waals surface area contributed by atoms with E-state index in [2.05, 4.69) is 10.0 Å². The van der Waals surface area contributed by atoms with E-state index in [4.69, 9.17) is 4.42 Å². The molecule has 0 saturated heterocycles. The van der Waals surface area contributed by atoms with Crippen molar-refractivity contribution in [1.29, 1.82) is 0 Å². The summed E-state index contributed by atoms with van der Waals surface area (Å²) in [6, 6.07) is 12.0. The minimum absolute atomic E-state index is 0.372. The molecule has 0 aliphatic carbocycles. The monoisotopic (exact) mass is 350 g/mol. The summed E-state index contributed by atoms with van der Waals surface area (Å²) < 4.78 is 31.2. The summed E-state index contributed by atoms with van der Waals surface area (Å²) in [5, 5.41) is 3.00. The van der Waals surface area contributed by atoms with Crippen LogP contribution < -0.4 is 10.0 Å². The lowest BCUT2D eigenvalue weighted by molar-refractivity contribution is 0.566. The highest BCUT2D eigenvalue weighted by Gasteiger charge is 2.13. The highest BCUT2D eigenvalue weighted by atomic mass is 32.2. The number of benzene rings is 1. The van der Waals surface area contributed by atoms with Crippen LogP contribution in [-0.2, 0) is 10.0 Å². The van der Waals surface area contributed by atoms with Gasteiger partial charge in [0.05, 0.1) is 11.5 Å². The van der Waals surface area contributed by atoms with Crippen molar-refractivity contribution in [2.24, 2.45) is 0 Å². The van der Waals surface area contributed by atoms with Crippen LogP contribution >= 0.6 is 0 Å². The lowest BCUT2D eigenvalue weighted by atomic mass is 10.1. The number of rotatable bonds is 10. The molecule has 1 aromatic carbocycles. The van der Waals surface area contributed by atoms with Crippen LogP contribution in [0, 0.1) is 0 Å². The molecule has 132 valence electrons. The second-order valence-electron chi connectivity index (χ2n) is 6.03. The molecule has 0 radical (unpaired) electrons. The standard InChI is InChI=1S/C18H26N2O3S/c1-15(2)24(21,22)20-13-5-3-4-12-19-17-10-8-16(9-11-17)18-7-6-14-23-18/h6-11,14-15,19-20H,3-5,12-13H2,1-2H3. The molecule has 0 saturated carbocycles. The van der Waals surface area contributed by atoms with Crippen LogP contribution in [0.25, 0.3) is 11.3 Å². The van der Waals surface area contributed by atoms with E-state index in [9.17, 15) is 8.42 Å². The number of hydrogen-bond acceptors (Lipinski definition) is 4. The van der Waals surface area contributed by atoms with Crippen molar-refractivity contribution in [3.05, 3.63) is 42.7 Å². The minimum Gasteiger partial charge on any atom is -0.464 e. The molecule has 2 rings (SSSR count). The molecule has 0 spiro atoms. The van der Waals surface area contributed by atoms with Gasteiger partial charge in [-0.3, -0.25) is 0 Å². The normalized spacial score (nSPS) is 11.8. The van der Waals surface area contributed by atoms with Crippen LogP contribution in [0.5, 0.6) is 0 Å². The van der Waals surface area contributed by atoms with Crippen LogP contribution in [0.3, 0.4) is 0 Å². The first kappa shape index (κ1) is 18.5. The SMILES string of the molecule is CC(C)S(=O)(=O)NCCCCCNc1ccc(-c2ccco2)cc1. The Kier molecular flexibility index (Phi) is 6.87. The predicted octanol–water partition coefficient (Wildman–Crippen LogP) is 3.86. The zero-order valence-corrected chi connectivity index (χ0v) is 15.1. The highest BCUT2D eigenvalue weighted by Crippen LogP contribution is 2.21. The topological polar surface area (TPSA) is 71.3 Å². The minimum atomic E-state index is -3.13. The summed E-state index contributed by atoms with van der Waals surface area (Å²) in [7, 11) is -3.13. The van der Waals surface area contributed by atoms with Gasteiger partial charge in [-0.2, -0.15) is 0 Å². The maximum absolute atomic E-state index is 11.6. The smallest absolute Gasteiger partial charge is 0.213 e. The van der Waals surface area contributed by atoms with Crippen LogP contribution in [0.2, 0.25) is 0 Å². The van der Waals surface area contributed by atoms with Gasteiger partial charge in [0.15, 0.2) is 0 Å². The first-order valence-corrected chi connectivity index (χ1v) is 9.90. The number of anilines is 1. The quantitative estimate of drug-likeness (QED) is 0.638. The zero-order valence-electron chi connectivity index (χ0n) is 14.3. The summed E-state index contributed by atoms with van der Waals surface area (Å²) in [4.78, 5) is 0. The Morgan fingerprint density at radius 1 is 1.00 bits per heavy atom. The van der Waals surface area contributed by atoms with Crippen molar-refractivity contribution in [3.63, 3.8) is 0 Å². The zero-order chi connectivity index (χ0) is 17.4. The van der Waals surface area contributed by atoms with Gasteiger partial charge in [0.25, 0.3) is 0 Å². The fourth-order valence-corrected chi connectivity index (χ4v) is 3.00. The van der Waals surface area contributed by atoms with E-state index in [0.29, 0.717) is 6.54 Å². The van der Waals surface area contributed by atoms with Crippen LogP contribution in [0.4, 0.5) is 5.69 Å². The molecule has 6 heteroatoms. The van der Waals surface area contributed by atoms with E-state index < -0.39 is 10.0 Å². The largest absolute Gasteiger partial charge is 0.464 e. The average molecular weight is 350 g/mol. The molecular weight excluding hydrogens is 324 g/mol. The van der Waals surface area contributed by atoms with Crippen molar-refractivity contribution >= 4 is 15.7 Å². The number of unbranched alkanes of at least 4 members (excludes halogenated alkanes) is 2. The fraction of sp³-hybridized carbons (Fsp3) is 0.444. The summed E-state index contributed by atoms with van der Waals surface area (Å²) in [6.07, 6.45) is 4.51. The summed E-state index contributed by atoms with van der Waals surface area (Å²) in [6.45, 7) is 4.75. The number of sulfonamides is 1. The Morgan fingerprint density at radius 3 is 2.33 bits per heavy atom. The Balaban J connectivity index is 1.61. The lowest BCUT2D eigenvalue weighted by Crippen LogP contribution is -2.31. The molecule has 24 heavy (non-hydrogen) atoms. The van der Waals surface area contributed by atoms with Gasteiger partial charge in [-0.05, 0) is 63.1 Å². The predicted molar refractivity (Wildman–Crippen MR) is 98.5 cm³/mol. The summed E-state index contributed by atoms with van der Waals surface area (Å²) in [5.74, 6) is 0.866. The summed E-state index contributed by atoms with van der Waals surface area (Å²) >= 11 is 0. The molecule has 0 amide bonds. The lowest BCUT2D eigenvalue weighted by Gasteiger charge is -2.10. The maximum Gasteiger partial charge on any atom is 0.213 e. The second-order valence-corrected chi connectivity index (χ2v) is 8.35. The van der Waals surface area contributed by atoms with E-state index in [1.807, 2.05) is 36.4 Å². The molecule has 5 nitrogen and oxygen atoms in total. The van der Waals surface area contributed by atoms with Gasteiger partial charge in [-0.15, -0.1) is 0 Å². The highest BCUT2D eigenvalue weighted by molar-refractivity contribution is 7.90. The van der Waals surface area contributed by atoms with Crippen molar-refractivity contribution in [2.75, 3.05) is 18.4 Å². The van der Waals surface area contributed by atoms with Crippen LogP contribution in [0.1, 0.15) is 33.1 Å². The first-order chi connectivity index (χ1) is 11.5. The third-order valence-electron chi connectivity index (χ3n) is 3.80. The van der Waals surface area contributed by atoms with Gasteiger partial charge in [-0.1, -0.05) is 6.42 Å². The van der Waals surface area contributed by atoms with Gasteiger partial charge in [-0.25, -0.2) is 13.1 Å². The van der Waals surface area contributed by atoms with Crippen molar-refractivity contribution < 1.29 is 12.8 Å². The molecule has 0 aliphatic rings. The number of furan rings is 1. The van der Waals surface area contributed by atoms with Gasteiger partial charge in [0.1, 0.15) is 5.76 Å². The van der Waals surface area contributed by atoms with E-state index in [1.165, 1.54) is 0 Å². The number of hydrogen-bond donors (Lipinski definition) is 2. The molecule has 1 heterocycles. The Bertz CT molecular complexity index is 692. The van der Waals surface area contributed by atoms with Gasteiger partial charge in [0.2, 0.25) is 10.0 Å². The molecule has 0 fully saturated rings. The van der Waals surface area contributed by atoms with E-state index in [1.54, 1.807) is 20.1 Å². The third-order valence-corrected chi connectivity index (χ3v) is 5.64. The fourth-order valence-electron chi connectivity index (χ4n) is 2.24. The molecule has 2 aromatic rings. The van der Waals surface area contributed by atoms with Gasteiger partial charge < -0.3 is 9.73 Å². The van der Waals surface area contributed by atoms with Crippen LogP contribution in [-0.4, -0.2) is 26.8 Å². The van der Waals surface area contributed by atoms with E-state index in [-0.39, 0.29) is 5.25 Å². The molecule has 0 aliphatic heterocycles. The molecule has 2 N–H and O–H groups in total. The van der Waals surface area contributed by atoms with Crippen molar-refractivity contribution in [3.8, 4) is 11.3 Å². The van der Waals surface area contributed by atoms with Gasteiger partial charge >= 0.3 is 0 Å². The van der Waals surface area contributed by atoms with Crippen LogP contribution in [0.15, 0.2) is 47.1 Å². The maximum atomic E-state index is 11.6. The molecule has 0 atom stereocenters. The molecule has 0 bridgehead atoms. The Labute approximate surface area is 144 Å². The van der Waals surface area contributed by atoms with Crippen molar-refractivity contribution in [2.45, 2.75) is 38.4 Å². The molecule has 1 aromatic heterocycles. The Hall–Kier alpha value is -1.79. The average Bonchev–Trinajstić information content (AvgIpc) is 3.09. The third kappa shape index (κ3) is 5.69.